The summed E-state index contributed by atoms with van der Waals surface area (Å²) >= 11 is 0. The van der Waals surface area contributed by atoms with Gasteiger partial charge in [0.05, 0.1) is 11.6 Å². The fourth-order valence-electron chi connectivity index (χ4n) is 3.37. The van der Waals surface area contributed by atoms with Gasteiger partial charge in [0.2, 0.25) is 11.8 Å². The zero-order valence-corrected chi connectivity index (χ0v) is 17.9. The third kappa shape index (κ3) is 4.28. The normalized spacial score (nSPS) is 10.7. The average Bonchev–Trinajstić information content (AvgIpc) is 3.29. The third-order valence-electron chi connectivity index (χ3n) is 4.97. The summed E-state index contributed by atoms with van der Waals surface area (Å²) in [6.07, 6.45) is 4.41. The topological polar surface area (TPSA) is 143 Å². The number of benzene rings is 2. The van der Waals surface area contributed by atoms with Crippen LogP contribution in [-0.2, 0) is 4.79 Å². The number of carbonyl (C=O) groups excluding carboxylic acids is 1. The molecule has 0 aliphatic heterocycles. The van der Waals surface area contributed by atoms with E-state index in [1.54, 1.807) is 41.3 Å². The van der Waals surface area contributed by atoms with Crippen LogP contribution >= 0.6 is 0 Å². The van der Waals surface area contributed by atoms with Gasteiger partial charge in [-0.25, -0.2) is 15.0 Å². The number of amides is 1. The first-order valence-corrected chi connectivity index (χ1v) is 10.2. The highest BCUT2D eigenvalue weighted by atomic mass is 16.5. The molecule has 0 radical (unpaired) electrons. The quantitative estimate of drug-likeness (QED) is 0.394. The van der Waals surface area contributed by atoms with E-state index in [0.29, 0.717) is 34.3 Å². The Balaban J connectivity index is 1.38. The van der Waals surface area contributed by atoms with Gasteiger partial charge < -0.3 is 15.4 Å². The number of ether oxygens (including phenoxy) is 1. The predicted molar refractivity (Wildman–Crippen MR) is 124 cm³/mol. The van der Waals surface area contributed by atoms with Gasteiger partial charge in [-0.05, 0) is 48.9 Å². The van der Waals surface area contributed by atoms with Gasteiger partial charge in [-0.2, -0.15) is 5.26 Å². The molecule has 5 rings (SSSR count). The Morgan fingerprint density at radius 2 is 1.97 bits per heavy atom. The minimum atomic E-state index is -0.378. The molecule has 0 fully saturated rings. The monoisotopic (exact) mass is 451 g/mol. The van der Waals surface area contributed by atoms with Gasteiger partial charge in [0.25, 0.3) is 0 Å². The molecule has 1 amide bonds. The maximum absolute atomic E-state index is 11.8. The first-order valence-electron chi connectivity index (χ1n) is 10.2. The van der Waals surface area contributed by atoms with Crippen molar-refractivity contribution in [3.63, 3.8) is 0 Å². The van der Waals surface area contributed by atoms with Gasteiger partial charge in [0, 0.05) is 22.8 Å². The second-order valence-electron chi connectivity index (χ2n) is 7.37. The number of aryl methyl sites for hydroxylation is 1. The van der Waals surface area contributed by atoms with Crippen LogP contribution in [0.1, 0.15) is 12.0 Å². The smallest absolute Gasteiger partial charge is 0.238 e. The summed E-state index contributed by atoms with van der Waals surface area (Å²) in [4.78, 5) is 24.7. The molecule has 0 atom stereocenters. The molecule has 0 saturated heterocycles. The van der Waals surface area contributed by atoms with E-state index in [1.807, 2.05) is 31.2 Å². The molecule has 3 heterocycles. The van der Waals surface area contributed by atoms with Crippen molar-refractivity contribution in [1.29, 1.82) is 5.26 Å². The number of carbonyl (C=O) groups is 1. The van der Waals surface area contributed by atoms with E-state index in [-0.39, 0.29) is 12.3 Å². The number of nitrogens with one attached hydrogen (secondary N) is 2. The van der Waals surface area contributed by atoms with Gasteiger partial charge in [-0.1, -0.05) is 0 Å². The summed E-state index contributed by atoms with van der Waals surface area (Å²) < 4.78 is 7.62. The number of aromatic nitrogens is 6. The van der Waals surface area contributed by atoms with E-state index in [2.05, 4.69) is 35.8 Å². The molecular weight excluding hydrogens is 434 g/mol. The number of fused-ring (bicyclic) bond motifs is 2. The lowest BCUT2D eigenvalue weighted by Crippen LogP contribution is -2.10. The Labute approximate surface area is 193 Å². The standard InChI is InChI=1S/C23H17N9O2/c1-14-8-15(3-5-19(14)34-22-10-20-31-28-13-32(20)12-27-22)30-23-17-9-16(29-21(33)6-7-24)2-4-18(17)25-11-26-23/h2-5,8-13H,6H2,1H3,(H,29,33)(H,25,26,30). The molecule has 166 valence electrons. The SMILES string of the molecule is Cc1cc(Nc2ncnc3ccc(NC(=O)CC#N)cc23)ccc1Oc1cc2nncn2cn1. The molecule has 5 aromatic rings. The zero-order valence-electron chi connectivity index (χ0n) is 17.9. The summed E-state index contributed by atoms with van der Waals surface area (Å²) in [6, 6.07) is 14.5. The van der Waals surface area contributed by atoms with Crippen molar-refractivity contribution in [2.24, 2.45) is 0 Å². The molecule has 0 spiro atoms. The van der Waals surface area contributed by atoms with Crippen molar-refractivity contribution >= 4 is 39.6 Å². The fraction of sp³-hybridized carbons (Fsp3) is 0.0870. The number of hydrogen-bond acceptors (Lipinski definition) is 9. The maximum Gasteiger partial charge on any atom is 0.238 e. The Hall–Kier alpha value is -5.11. The van der Waals surface area contributed by atoms with Crippen LogP contribution in [0.25, 0.3) is 16.6 Å². The van der Waals surface area contributed by atoms with Crippen molar-refractivity contribution in [1.82, 2.24) is 29.5 Å². The number of hydrogen-bond donors (Lipinski definition) is 2. The van der Waals surface area contributed by atoms with Gasteiger partial charge in [0.1, 0.15) is 37.0 Å². The molecule has 0 aliphatic carbocycles. The summed E-state index contributed by atoms with van der Waals surface area (Å²) in [6.45, 7) is 1.93. The van der Waals surface area contributed by atoms with Crippen LogP contribution in [0.5, 0.6) is 11.6 Å². The van der Waals surface area contributed by atoms with E-state index in [0.717, 1.165) is 16.6 Å². The summed E-state index contributed by atoms with van der Waals surface area (Å²) in [5, 5.41) is 23.2. The highest BCUT2D eigenvalue weighted by Gasteiger charge is 2.10. The van der Waals surface area contributed by atoms with E-state index >= 15 is 0 Å². The molecule has 2 N–H and O–H groups in total. The average molecular weight is 451 g/mol. The highest BCUT2D eigenvalue weighted by Crippen LogP contribution is 2.30. The van der Waals surface area contributed by atoms with Crippen molar-refractivity contribution in [3.8, 4) is 17.7 Å². The minimum Gasteiger partial charge on any atom is -0.439 e. The molecule has 0 saturated carbocycles. The lowest BCUT2D eigenvalue weighted by molar-refractivity contribution is -0.115. The largest absolute Gasteiger partial charge is 0.439 e. The molecular formula is C23H17N9O2. The predicted octanol–water partition coefficient (Wildman–Crippen LogP) is 3.76. The van der Waals surface area contributed by atoms with Gasteiger partial charge in [-0.15, -0.1) is 10.2 Å². The lowest BCUT2D eigenvalue weighted by atomic mass is 10.1. The Morgan fingerprint density at radius 1 is 1.09 bits per heavy atom. The van der Waals surface area contributed by atoms with Crippen molar-refractivity contribution in [2.45, 2.75) is 13.3 Å². The molecule has 0 bridgehead atoms. The molecule has 11 heteroatoms. The second kappa shape index (κ2) is 8.79. The van der Waals surface area contributed by atoms with E-state index < -0.39 is 0 Å². The number of nitrogens with zero attached hydrogens (tertiary/aromatic N) is 7. The van der Waals surface area contributed by atoms with Crippen molar-refractivity contribution in [2.75, 3.05) is 10.6 Å². The van der Waals surface area contributed by atoms with Gasteiger partial charge in [-0.3, -0.25) is 9.20 Å². The lowest BCUT2D eigenvalue weighted by Gasteiger charge is -2.13. The molecule has 11 nitrogen and oxygen atoms in total. The second-order valence-corrected chi connectivity index (χ2v) is 7.37. The zero-order chi connectivity index (χ0) is 23.5. The van der Waals surface area contributed by atoms with E-state index in [1.165, 1.54) is 6.33 Å². The van der Waals surface area contributed by atoms with Crippen LogP contribution in [-0.4, -0.2) is 35.5 Å². The van der Waals surface area contributed by atoms with Crippen LogP contribution in [0.4, 0.5) is 17.2 Å². The Kier molecular flexibility index (Phi) is 5.37. The van der Waals surface area contributed by atoms with Crippen LogP contribution in [0, 0.1) is 18.3 Å². The molecule has 2 aromatic carbocycles. The highest BCUT2D eigenvalue weighted by molar-refractivity contribution is 5.97. The maximum atomic E-state index is 11.8. The van der Waals surface area contributed by atoms with Crippen LogP contribution < -0.4 is 15.4 Å². The summed E-state index contributed by atoms with van der Waals surface area (Å²) in [5.41, 5.74) is 3.59. The minimum absolute atomic E-state index is 0.218. The first kappa shape index (κ1) is 20.8. The van der Waals surface area contributed by atoms with Crippen LogP contribution in [0.2, 0.25) is 0 Å². The van der Waals surface area contributed by atoms with Crippen molar-refractivity contribution < 1.29 is 9.53 Å². The van der Waals surface area contributed by atoms with E-state index in [9.17, 15) is 4.79 Å². The number of nitriles is 1. The van der Waals surface area contributed by atoms with Crippen LogP contribution in [0.15, 0.2) is 61.4 Å². The number of anilines is 3. The summed E-state index contributed by atoms with van der Waals surface area (Å²) in [7, 11) is 0. The molecule has 0 unspecified atom stereocenters. The Morgan fingerprint density at radius 3 is 2.82 bits per heavy atom. The third-order valence-corrected chi connectivity index (χ3v) is 4.97. The van der Waals surface area contributed by atoms with Gasteiger partial charge >= 0.3 is 0 Å². The van der Waals surface area contributed by atoms with E-state index in [4.69, 9.17) is 10.00 Å². The Bertz CT molecular complexity index is 1570. The van der Waals surface area contributed by atoms with Crippen LogP contribution in [0.3, 0.4) is 0 Å². The van der Waals surface area contributed by atoms with Crippen molar-refractivity contribution in [3.05, 3.63) is 67.0 Å². The molecule has 34 heavy (non-hydrogen) atoms. The first-order chi connectivity index (χ1) is 16.6. The molecule has 3 aromatic heterocycles. The number of rotatable bonds is 6. The van der Waals surface area contributed by atoms with Gasteiger partial charge in [0.15, 0.2) is 5.65 Å². The summed E-state index contributed by atoms with van der Waals surface area (Å²) in [5.74, 6) is 1.26. The fourth-order valence-corrected chi connectivity index (χ4v) is 3.37. The molecule has 0 aliphatic rings.